The van der Waals surface area contributed by atoms with E-state index in [0.717, 1.165) is 19.4 Å². The van der Waals surface area contributed by atoms with Crippen molar-refractivity contribution >= 4 is 15.7 Å². The van der Waals surface area contributed by atoms with Crippen LogP contribution in [0.3, 0.4) is 0 Å². The molecule has 0 aromatic carbocycles. The third-order valence-electron chi connectivity index (χ3n) is 3.83. The standard InChI is InChI=1S/C14H23N3O2S/c1-4-7-15-12-6-5-8-16-13(12)20(18,19)17-10-11-9-14(11,2)3/h5-6,8,11,15,17H,4,7,9-10H2,1-3H3. The zero-order chi connectivity index (χ0) is 14.8. The van der Waals surface area contributed by atoms with Gasteiger partial charge in [-0.3, -0.25) is 0 Å². The second kappa shape index (κ2) is 5.69. The van der Waals surface area contributed by atoms with Gasteiger partial charge in [0.25, 0.3) is 10.0 Å². The van der Waals surface area contributed by atoms with Crippen LogP contribution in [0.2, 0.25) is 0 Å². The molecule has 2 rings (SSSR count). The minimum Gasteiger partial charge on any atom is -0.383 e. The van der Waals surface area contributed by atoms with Crippen LogP contribution in [-0.2, 0) is 10.0 Å². The van der Waals surface area contributed by atoms with E-state index >= 15 is 0 Å². The molecule has 1 aromatic rings. The van der Waals surface area contributed by atoms with Crippen LogP contribution >= 0.6 is 0 Å². The lowest BCUT2D eigenvalue weighted by Crippen LogP contribution is -2.28. The van der Waals surface area contributed by atoms with Gasteiger partial charge < -0.3 is 5.32 Å². The summed E-state index contributed by atoms with van der Waals surface area (Å²) in [6.07, 6.45) is 3.50. The number of anilines is 1. The normalized spacial score (nSPS) is 20.6. The van der Waals surface area contributed by atoms with Crippen molar-refractivity contribution in [1.82, 2.24) is 9.71 Å². The van der Waals surface area contributed by atoms with Crippen molar-refractivity contribution in [2.75, 3.05) is 18.4 Å². The van der Waals surface area contributed by atoms with Gasteiger partial charge in [0.15, 0.2) is 5.03 Å². The molecule has 2 N–H and O–H groups in total. The van der Waals surface area contributed by atoms with Gasteiger partial charge in [0.1, 0.15) is 0 Å². The maximum absolute atomic E-state index is 12.3. The molecule has 0 saturated heterocycles. The molecule has 5 nitrogen and oxygen atoms in total. The fraction of sp³-hybridized carbons (Fsp3) is 0.643. The minimum atomic E-state index is -3.55. The van der Waals surface area contributed by atoms with Crippen molar-refractivity contribution in [1.29, 1.82) is 0 Å². The molecule has 0 radical (unpaired) electrons. The van der Waals surface area contributed by atoms with E-state index in [0.29, 0.717) is 18.2 Å². The van der Waals surface area contributed by atoms with Gasteiger partial charge in [-0.15, -0.1) is 0 Å². The third kappa shape index (κ3) is 3.49. The van der Waals surface area contributed by atoms with Crippen LogP contribution in [0, 0.1) is 11.3 Å². The summed E-state index contributed by atoms with van der Waals surface area (Å²) >= 11 is 0. The number of hydrogen-bond acceptors (Lipinski definition) is 4. The maximum atomic E-state index is 12.3. The summed E-state index contributed by atoms with van der Waals surface area (Å²) in [5.41, 5.74) is 0.826. The second-order valence-corrected chi connectivity index (χ2v) is 7.71. The van der Waals surface area contributed by atoms with Crippen molar-refractivity contribution in [2.45, 2.75) is 38.6 Å². The van der Waals surface area contributed by atoms with Gasteiger partial charge in [-0.25, -0.2) is 18.1 Å². The molecule has 1 fully saturated rings. The van der Waals surface area contributed by atoms with E-state index in [-0.39, 0.29) is 10.4 Å². The van der Waals surface area contributed by atoms with E-state index in [1.54, 1.807) is 12.1 Å². The lowest BCUT2D eigenvalue weighted by Gasteiger charge is -2.12. The first kappa shape index (κ1) is 15.3. The van der Waals surface area contributed by atoms with E-state index in [1.165, 1.54) is 6.20 Å². The molecule has 1 aliphatic carbocycles. The summed E-state index contributed by atoms with van der Waals surface area (Å²) < 4.78 is 27.4. The molecule has 1 saturated carbocycles. The molecule has 0 aliphatic heterocycles. The predicted octanol–water partition coefficient (Wildman–Crippen LogP) is 2.23. The molecule has 1 aliphatic rings. The van der Waals surface area contributed by atoms with Gasteiger partial charge in [0.05, 0.1) is 5.69 Å². The first-order valence-electron chi connectivity index (χ1n) is 7.05. The number of aromatic nitrogens is 1. The van der Waals surface area contributed by atoms with Crippen molar-refractivity contribution in [2.24, 2.45) is 11.3 Å². The van der Waals surface area contributed by atoms with Crippen LogP contribution in [0.25, 0.3) is 0 Å². The van der Waals surface area contributed by atoms with E-state index in [1.807, 2.05) is 6.92 Å². The van der Waals surface area contributed by atoms with Crippen LogP contribution < -0.4 is 10.0 Å². The van der Waals surface area contributed by atoms with Gasteiger partial charge >= 0.3 is 0 Å². The van der Waals surface area contributed by atoms with E-state index in [4.69, 9.17) is 0 Å². The second-order valence-electron chi connectivity index (χ2n) is 6.02. The average molecular weight is 297 g/mol. The smallest absolute Gasteiger partial charge is 0.260 e. The summed E-state index contributed by atoms with van der Waals surface area (Å²) in [5.74, 6) is 0.424. The largest absolute Gasteiger partial charge is 0.383 e. The van der Waals surface area contributed by atoms with Crippen molar-refractivity contribution in [3.63, 3.8) is 0 Å². The molecule has 112 valence electrons. The number of pyridine rings is 1. The summed E-state index contributed by atoms with van der Waals surface area (Å²) in [7, 11) is -3.55. The van der Waals surface area contributed by atoms with Crippen LogP contribution in [0.15, 0.2) is 23.4 Å². The van der Waals surface area contributed by atoms with Gasteiger partial charge in [-0.2, -0.15) is 0 Å². The number of nitrogens with one attached hydrogen (secondary N) is 2. The zero-order valence-corrected chi connectivity index (χ0v) is 13.1. The lowest BCUT2D eigenvalue weighted by molar-refractivity contribution is 0.536. The molecule has 1 unspecified atom stereocenters. The molecule has 0 spiro atoms. The Hall–Kier alpha value is -1.14. The molecule has 6 heteroatoms. The molecular weight excluding hydrogens is 274 g/mol. The van der Waals surface area contributed by atoms with Gasteiger partial charge in [0, 0.05) is 19.3 Å². The Kier molecular flexibility index (Phi) is 4.34. The van der Waals surface area contributed by atoms with Gasteiger partial charge in [0.2, 0.25) is 0 Å². The molecule has 1 atom stereocenters. The number of nitrogens with zero attached hydrogens (tertiary/aromatic N) is 1. The summed E-state index contributed by atoms with van der Waals surface area (Å²) in [4.78, 5) is 4.03. The quantitative estimate of drug-likeness (QED) is 0.809. The Bertz CT molecular complexity index is 570. The Morgan fingerprint density at radius 3 is 2.75 bits per heavy atom. The number of rotatable bonds is 7. The molecule has 0 amide bonds. The highest BCUT2D eigenvalue weighted by Gasteiger charge is 2.45. The Morgan fingerprint density at radius 2 is 2.15 bits per heavy atom. The van der Waals surface area contributed by atoms with E-state index in [2.05, 4.69) is 28.9 Å². The topological polar surface area (TPSA) is 71.1 Å². The summed E-state index contributed by atoms with van der Waals surface area (Å²) in [5, 5.41) is 3.20. The number of hydrogen-bond donors (Lipinski definition) is 2. The summed E-state index contributed by atoms with van der Waals surface area (Å²) in [6, 6.07) is 3.49. The van der Waals surface area contributed by atoms with E-state index in [9.17, 15) is 8.42 Å². The van der Waals surface area contributed by atoms with Crippen LogP contribution in [0.5, 0.6) is 0 Å². The number of sulfonamides is 1. The van der Waals surface area contributed by atoms with Crippen LogP contribution in [0.4, 0.5) is 5.69 Å². The Labute approximate surface area is 121 Å². The van der Waals surface area contributed by atoms with Gasteiger partial charge in [-0.1, -0.05) is 20.8 Å². The van der Waals surface area contributed by atoms with Gasteiger partial charge in [-0.05, 0) is 36.3 Å². The highest BCUT2D eigenvalue weighted by molar-refractivity contribution is 7.89. The Morgan fingerprint density at radius 1 is 1.45 bits per heavy atom. The van der Waals surface area contributed by atoms with Crippen molar-refractivity contribution < 1.29 is 8.42 Å². The molecule has 20 heavy (non-hydrogen) atoms. The van der Waals surface area contributed by atoms with E-state index < -0.39 is 10.0 Å². The molecule has 1 heterocycles. The molecule has 1 aromatic heterocycles. The Balaban J connectivity index is 2.08. The summed E-state index contributed by atoms with van der Waals surface area (Å²) in [6.45, 7) is 7.55. The third-order valence-corrected chi connectivity index (χ3v) is 5.21. The average Bonchev–Trinajstić information content (AvgIpc) is 3.02. The predicted molar refractivity (Wildman–Crippen MR) is 80.1 cm³/mol. The van der Waals surface area contributed by atoms with Crippen molar-refractivity contribution in [3.8, 4) is 0 Å². The van der Waals surface area contributed by atoms with Crippen molar-refractivity contribution in [3.05, 3.63) is 18.3 Å². The highest BCUT2D eigenvalue weighted by Crippen LogP contribution is 2.51. The SMILES string of the molecule is CCCNc1cccnc1S(=O)(=O)NCC1CC1(C)C. The van der Waals surface area contributed by atoms with Crippen LogP contribution in [0.1, 0.15) is 33.6 Å². The maximum Gasteiger partial charge on any atom is 0.260 e. The first-order valence-corrected chi connectivity index (χ1v) is 8.53. The first-order chi connectivity index (χ1) is 9.37. The monoisotopic (exact) mass is 297 g/mol. The minimum absolute atomic E-state index is 0.0897. The molecular formula is C14H23N3O2S. The fourth-order valence-electron chi connectivity index (χ4n) is 2.20. The fourth-order valence-corrected chi connectivity index (χ4v) is 3.39. The molecule has 0 bridgehead atoms. The highest BCUT2D eigenvalue weighted by atomic mass is 32.2. The zero-order valence-electron chi connectivity index (χ0n) is 12.3. The van der Waals surface area contributed by atoms with Crippen LogP contribution in [-0.4, -0.2) is 26.5 Å². The lowest BCUT2D eigenvalue weighted by atomic mass is 10.1.